The molecule has 0 bridgehead atoms. The molecule has 1 saturated heterocycles. The molecule has 0 radical (unpaired) electrons. The van der Waals surface area contributed by atoms with Gasteiger partial charge in [-0.1, -0.05) is 13.8 Å². The molecule has 0 spiro atoms. The third-order valence-electron chi connectivity index (χ3n) is 1.62. The minimum Gasteiger partial charge on any atom is -0.385 e. The molecule has 0 aromatic heterocycles. The monoisotopic (exact) mass is 175 g/mol. The molecular formula is C10H25NO. The van der Waals surface area contributed by atoms with Crippen molar-refractivity contribution in [2.45, 2.75) is 33.6 Å². The molecule has 1 heterocycles. The van der Waals surface area contributed by atoms with E-state index in [9.17, 15) is 0 Å². The lowest BCUT2D eigenvalue weighted by Crippen LogP contribution is -2.10. The molecule has 2 heteroatoms. The Balaban J connectivity index is 0. The Labute approximate surface area is 77.9 Å². The van der Waals surface area contributed by atoms with E-state index in [1.165, 1.54) is 25.9 Å². The largest absolute Gasteiger partial charge is 0.385 e. The van der Waals surface area contributed by atoms with E-state index in [-0.39, 0.29) is 0 Å². The summed E-state index contributed by atoms with van der Waals surface area (Å²) in [6.45, 7) is 9.42. The van der Waals surface area contributed by atoms with Crippen molar-refractivity contribution in [3.63, 3.8) is 0 Å². The molecule has 2 nitrogen and oxygen atoms in total. The molecule has 0 unspecified atom stereocenters. The Morgan fingerprint density at radius 2 is 1.50 bits per heavy atom. The Bertz CT molecular complexity index is 58.9. The van der Waals surface area contributed by atoms with Gasteiger partial charge in [0.05, 0.1) is 0 Å². The van der Waals surface area contributed by atoms with Gasteiger partial charge in [-0.25, -0.2) is 0 Å². The molecule has 1 fully saturated rings. The number of hydrogen-bond acceptors (Lipinski definition) is 2. The van der Waals surface area contributed by atoms with E-state index in [1.807, 2.05) is 20.8 Å². The highest BCUT2D eigenvalue weighted by Gasteiger charge is 2.03. The summed E-state index contributed by atoms with van der Waals surface area (Å²) in [5, 5.41) is 0. The molecular weight excluding hydrogens is 150 g/mol. The predicted octanol–water partition coefficient (Wildman–Crippen LogP) is 2.39. The van der Waals surface area contributed by atoms with Crippen molar-refractivity contribution < 1.29 is 4.74 Å². The fourth-order valence-electron chi connectivity index (χ4n) is 0.875. The lowest BCUT2D eigenvalue weighted by Gasteiger charge is -2.01. The molecule has 12 heavy (non-hydrogen) atoms. The van der Waals surface area contributed by atoms with Gasteiger partial charge in [0.15, 0.2) is 0 Å². The zero-order chi connectivity index (χ0) is 9.82. The van der Waals surface area contributed by atoms with Gasteiger partial charge in [0.1, 0.15) is 0 Å². The fourth-order valence-corrected chi connectivity index (χ4v) is 0.875. The normalized spacial score (nSPS) is 15.8. The number of likely N-dealkylation sites (tertiary alicyclic amines) is 1. The van der Waals surface area contributed by atoms with E-state index in [0.717, 1.165) is 6.61 Å². The highest BCUT2D eigenvalue weighted by molar-refractivity contribution is 4.59. The molecule has 0 atom stereocenters. The van der Waals surface area contributed by atoms with E-state index in [4.69, 9.17) is 0 Å². The highest BCUT2D eigenvalue weighted by Crippen LogP contribution is 2.01. The van der Waals surface area contributed by atoms with Crippen LogP contribution in [0.3, 0.4) is 0 Å². The van der Waals surface area contributed by atoms with Crippen LogP contribution in [0, 0.1) is 0 Å². The van der Waals surface area contributed by atoms with Crippen LogP contribution in [-0.4, -0.2) is 38.8 Å². The zero-order valence-electron chi connectivity index (χ0n) is 9.39. The predicted molar refractivity (Wildman–Crippen MR) is 55.6 cm³/mol. The van der Waals surface area contributed by atoms with Crippen molar-refractivity contribution >= 4 is 0 Å². The summed E-state index contributed by atoms with van der Waals surface area (Å²) in [4.78, 5) is 2.36. The summed E-state index contributed by atoms with van der Waals surface area (Å²) >= 11 is 0. The lowest BCUT2D eigenvalue weighted by atomic mass is 10.4. The zero-order valence-corrected chi connectivity index (χ0v) is 9.39. The van der Waals surface area contributed by atoms with E-state index in [0.29, 0.717) is 0 Å². The van der Waals surface area contributed by atoms with Crippen LogP contribution in [-0.2, 0) is 4.74 Å². The fraction of sp³-hybridized carbons (Fsp3) is 1.00. The van der Waals surface area contributed by atoms with Crippen LogP contribution in [0.2, 0.25) is 0 Å². The molecule has 0 aliphatic carbocycles. The second-order valence-electron chi connectivity index (χ2n) is 2.59. The summed E-state index contributed by atoms with van der Waals surface area (Å²) in [6, 6.07) is 0. The van der Waals surface area contributed by atoms with Crippen molar-refractivity contribution in [3.8, 4) is 0 Å². The Morgan fingerprint density at radius 3 is 1.58 bits per heavy atom. The minimum atomic E-state index is 0.819. The maximum Gasteiger partial charge on any atom is 0.0433 e. The number of ether oxygens (including phenoxy) is 1. The Hall–Kier alpha value is -0.0800. The van der Waals surface area contributed by atoms with Crippen LogP contribution in [0.15, 0.2) is 0 Å². The summed E-state index contributed by atoms with van der Waals surface area (Å²) in [6.07, 6.45) is 2.83. The number of methoxy groups -OCH3 is 1. The molecule has 1 aliphatic heterocycles. The summed E-state index contributed by atoms with van der Waals surface area (Å²) in [5.41, 5.74) is 0. The maximum absolute atomic E-state index is 4.54. The summed E-state index contributed by atoms with van der Waals surface area (Å²) in [7, 11) is 3.85. The minimum absolute atomic E-state index is 0.819. The van der Waals surface area contributed by atoms with Crippen LogP contribution in [0.4, 0.5) is 0 Å². The number of hydrogen-bond donors (Lipinski definition) is 0. The van der Waals surface area contributed by atoms with E-state index >= 15 is 0 Å². The average Bonchev–Trinajstić information content (AvgIpc) is 2.60. The van der Waals surface area contributed by atoms with Gasteiger partial charge in [0, 0.05) is 13.7 Å². The topological polar surface area (TPSA) is 12.5 Å². The average molecular weight is 175 g/mol. The number of rotatable bonds is 1. The summed E-state index contributed by atoms with van der Waals surface area (Å²) < 4.78 is 4.54. The third kappa shape index (κ3) is 12.6. The molecule has 1 rings (SSSR count). The van der Waals surface area contributed by atoms with Gasteiger partial charge < -0.3 is 9.64 Å². The van der Waals surface area contributed by atoms with Crippen LogP contribution in [0.1, 0.15) is 33.6 Å². The quantitative estimate of drug-likeness (QED) is 0.607. The van der Waals surface area contributed by atoms with Crippen LogP contribution >= 0.6 is 0 Å². The molecule has 0 aromatic carbocycles. The van der Waals surface area contributed by atoms with Gasteiger partial charge in [-0.05, 0) is 39.9 Å². The van der Waals surface area contributed by atoms with Gasteiger partial charge >= 0.3 is 0 Å². The van der Waals surface area contributed by atoms with Crippen molar-refractivity contribution in [3.05, 3.63) is 0 Å². The van der Waals surface area contributed by atoms with Crippen LogP contribution in [0.5, 0.6) is 0 Å². The van der Waals surface area contributed by atoms with Gasteiger partial charge in [0.2, 0.25) is 0 Å². The Morgan fingerprint density at radius 1 is 1.17 bits per heavy atom. The first-order valence-corrected chi connectivity index (χ1v) is 4.98. The lowest BCUT2D eigenvalue weighted by molar-refractivity contribution is 0.215. The molecule has 0 aromatic rings. The smallest absolute Gasteiger partial charge is 0.0433 e. The van der Waals surface area contributed by atoms with Crippen molar-refractivity contribution in [1.29, 1.82) is 0 Å². The first-order chi connectivity index (χ1) is 5.81. The number of nitrogens with zero attached hydrogens (tertiary/aromatic N) is 1. The third-order valence-corrected chi connectivity index (χ3v) is 1.62. The van der Waals surface area contributed by atoms with Gasteiger partial charge in [-0.2, -0.15) is 0 Å². The first kappa shape index (κ1) is 14.4. The van der Waals surface area contributed by atoms with Crippen molar-refractivity contribution in [2.75, 3.05) is 33.9 Å². The Kier molecular flexibility index (Phi) is 16.3. The van der Waals surface area contributed by atoms with E-state index in [2.05, 4.69) is 16.7 Å². The maximum atomic E-state index is 4.54. The molecule has 0 saturated carbocycles. The van der Waals surface area contributed by atoms with Crippen molar-refractivity contribution in [2.24, 2.45) is 0 Å². The SMILES string of the molecule is CC.CCOC.CN1CCCC1. The first-order valence-electron chi connectivity index (χ1n) is 4.98. The molecule has 0 N–H and O–H groups in total. The van der Waals surface area contributed by atoms with E-state index < -0.39 is 0 Å². The molecule has 1 aliphatic rings. The van der Waals surface area contributed by atoms with Gasteiger partial charge in [-0.15, -0.1) is 0 Å². The van der Waals surface area contributed by atoms with Crippen molar-refractivity contribution in [1.82, 2.24) is 4.90 Å². The second kappa shape index (κ2) is 13.5. The van der Waals surface area contributed by atoms with Gasteiger partial charge in [0.25, 0.3) is 0 Å². The molecule has 0 amide bonds. The summed E-state index contributed by atoms with van der Waals surface area (Å²) in [5.74, 6) is 0. The van der Waals surface area contributed by atoms with Gasteiger partial charge in [-0.3, -0.25) is 0 Å². The molecule has 76 valence electrons. The van der Waals surface area contributed by atoms with Crippen LogP contribution in [0.25, 0.3) is 0 Å². The second-order valence-corrected chi connectivity index (χ2v) is 2.59. The van der Waals surface area contributed by atoms with Crippen LogP contribution < -0.4 is 0 Å². The standard InChI is InChI=1S/C5H11N.C3H8O.C2H6/c1-6-4-2-3-5-6;1-3-4-2;1-2/h2-5H2,1H3;3H2,1-2H3;1-2H3. The van der Waals surface area contributed by atoms with E-state index in [1.54, 1.807) is 7.11 Å². The highest BCUT2D eigenvalue weighted by atomic mass is 16.5.